The van der Waals surface area contributed by atoms with Gasteiger partial charge in [-0.05, 0) is 22.6 Å². The zero-order valence-electron chi connectivity index (χ0n) is 7.86. The van der Waals surface area contributed by atoms with Gasteiger partial charge in [0.05, 0.1) is 17.1 Å². The van der Waals surface area contributed by atoms with Crippen molar-refractivity contribution in [2.45, 2.75) is 13.0 Å². The molecule has 0 saturated carbocycles. The Morgan fingerprint density at radius 1 is 1.59 bits per heavy atom. The van der Waals surface area contributed by atoms with Crippen LogP contribution < -0.4 is 4.74 Å². The van der Waals surface area contributed by atoms with Crippen molar-refractivity contribution in [1.82, 2.24) is 4.98 Å². The lowest BCUT2D eigenvalue weighted by molar-refractivity contribution is -0.387. The van der Waals surface area contributed by atoms with Crippen LogP contribution in [0.1, 0.15) is 5.56 Å². The number of aliphatic hydroxyl groups excluding tert-OH is 1. The molecular formula is C7H4F3IN2O4. The molecule has 1 N–H and O–H groups in total. The van der Waals surface area contributed by atoms with Crippen LogP contribution in [0.3, 0.4) is 0 Å². The van der Waals surface area contributed by atoms with E-state index in [4.69, 9.17) is 5.11 Å². The minimum atomic E-state index is -4.95. The Morgan fingerprint density at radius 3 is 2.59 bits per heavy atom. The van der Waals surface area contributed by atoms with E-state index in [-0.39, 0.29) is 9.26 Å². The van der Waals surface area contributed by atoms with Gasteiger partial charge in [-0.15, -0.1) is 13.2 Å². The van der Waals surface area contributed by atoms with Gasteiger partial charge in [-0.2, -0.15) is 4.98 Å². The van der Waals surface area contributed by atoms with E-state index in [0.29, 0.717) is 6.07 Å². The van der Waals surface area contributed by atoms with Crippen LogP contribution in [0.2, 0.25) is 0 Å². The third kappa shape index (κ3) is 3.66. The molecule has 0 amide bonds. The summed E-state index contributed by atoms with van der Waals surface area (Å²) in [5.74, 6) is -0.850. The Balaban J connectivity index is 3.23. The van der Waals surface area contributed by atoms with E-state index in [9.17, 15) is 23.3 Å². The lowest BCUT2D eigenvalue weighted by atomic mass is 10.2. The molecule has 0 spiro atoms. The monoisotopic (exact) mass is 364 g/mol. The summed E-state index contributed by atoms with van der Waals surface area (Å²) in [6.45, 7) is -0.789. The minimum absolute atomic E-state index is 0.293. The van der Waals surface area contributed by atoms with E-state index in [1.54, 1.807) is 0 Å². The van der Waals surface area contributed by atoms with Gasteiger partial charge in [0.25, 0.3) is 0 Å². The fourth-order valence-corrected chi connectivity index (χ4v) is 1.80. The molecular weight excluding hydrogens is 360 g/mol. The molecule has 1 heterocycles. The predicted molar refractivity (Wildman–Crippen MR) is 56.2 cm³/mol. The summed E-state index contributed by atoms with van der Waals surface area (Å²) < 4.78 is 38.9. The molecule has 1 aromatic rings. The summed E-state index contributed by atoms with van der Waals surface area (Å²) >= 11 is 1.39. The highest BCUT2D eigenvalue weighted by Gasteiger charge is 2.33. The highest BCUT2D eigenvalue weighted by Crippen LogP contribution is 2.30. The molecule has 1 aromatic heterocycles. The quantitative estimate of drug-likeness (QED) is 0.384. The Kier molecular flexibility index (Phi) is 4.08. The van der Waals surface area contributed by atoms with Crippen molar-refractivity contribution in [1.29, 1.82) is 0 Å². The normalized spacial score (nSPS) is 11.4. The molecule has 0 aromatic carbocycles. The van der Waals surface area contributed by atoms with Gasteiger partial charge in [0.15, 0.2) is 3.70 Å². The molecule has 0 fully saturated rings. The first-order valence-electron chi connectivity index (χ1n) is 3.95. The number of halogens is 4. The number of alkyl halides is 3. The minimum Gasteiger partial charge on any atom is -0.391 e. The highest BCUT2D eigenvalue weighted by atomic mass is 127. The molecule has 10 heteroatoms. The topological polar surface area (TPSA) is 85.5 Å². The molecule has 0 aliphatic rings. The van der Waals surface area contributed by atoms with E-state index in [0.717, 1.165) is 0 Å². The van der Waals surface area contributed by atoms with Crippen molar-refractivity contribution >= 4 is 28.3 Å². The summed E-state index contributed by atoms with van der Waals surface area (Å²) in [5, 5.41) is 19.4. The number of hydrogen-bond donors (Lipinski definition) is 1. The lowest BCUT2D eigenvalue weighted by Crippen LogP contribution is -2.18. The van der Waals surface area contributed by atoms with E-state index in [1.807, 2.05) is 0 Å². The van der Waals surface area contributed by atoms with Crippen molar-refractivity contribution in [3.63, 3.8) is 0 Å². The molecule has 0 aliphatic heterocycles. The highest BCUT2D eigenvalue weighted by molar-refractivity contribution is 14.1. The summed E-state index contributed by atoms with van der Waals surface area (Å²) in [7, 11) is 0. The lowest BCUT2D eigenvalue weighted by Gasteiger charge is -2.09. The number of aromatic nitrogens is 1. The van der Waals surface area contributed by atoms with E-state index in [1.165, 1.54) is 22.6 Å². The SMILES string of the molecule is O=[N+]([O-])c1c(CO)cc(OC(F)(F)F)nc1I. The maximum atomic E-state index is 11.9. The van der Waals surface area contributed by atoms with Gasteiger partial charge in [0.1, 0.15) is 0 Å². The van der Waals surface area contributed by atoms with Crippen molar-refractivity contribution in [3.8, 4) is 5.88 Å². The van der Waals surface area contributed by atoms with Gasteiger partial charge >= 0.3 is 12.0 Å². The number of ether oxygens (including phenoxy) is 1. The van der Waals surface area contributed by atoms with E-state index < -0.39 is 29.5 Å². The zero-order valence-corrected chi connectivity index (χ0v) is 10.0. The molecule has 0 aliphatic carbocycles. The average molecular weight is 364 g/mol. The van der Waals surface area contributed by atoms with E-state index >= 15 is 0 Å². The first-order chi connectivity index (χ1) is 7.74. The third-order valence-corrected chi connectivity index (χ3v) is 2.33. The molecule has 17 heavy (non-hydrogen) atoms. The largest absolute Gasteiger partial charge is 0.574 e. The number of nitro groups is 1. The summed E-state index contributed by atoms with van der Waals surface area (Å²) in [6.07, 6.45) is -4.95. The fraction of sp³-hybridized carbons (Fsp3) is 0.286. The van der Waals surface area contributed by atoms with Crippen molar-refractivity contribution in [3.05, 3.63) is 25.4 Å². The smallest absolute Gasteiger partial charge is 0.391 e. The van der Waals surface area contributed by atoms with Crippen LogP contribution in [0, 0.1) is 13.8 Å². The van der Waals surface area contributed by atoms with Crippen molar-refractivity contribution in [2.24, 2.45) is 0 Å². The second-order valence-electron chi connectivity index (χ2n) is 2.72. The number of aliphatic hydroxyl groups is 1. The summed E-state index contributed by atoms with van der Waals surface area (Å²) in [6, 6.07) is 0.674. The van der Waals surface area contributed by atoms with Gasteiger partial charge in [0, 0.05) is 6.07 Å². The predicted octanol–water partition coefficient (Wildman–Crippen LogP) is 1.99. The number of rotatable bonds is 3. The molecule has 0 radical (unpaired) electrons. The first-order valence-corrected chi connectivity index (χ1v) is 5.03. The van der Waals surface area contributed by atoms with Gasteiger partial charge in [0.2, 0.25) is 5.88 Å². The molecule has 0 unspecified atom stereocenters. The average Bonchev–Trinajstić information content (AvgIpc) is 2.12. The van der Waals surface area contributed by atoms with Crippen LogP contribution in [0.5, 0.6) is 5.88 Å². The molecule has 1 rings (SSSR count). The second kappa shape index (κ2) is 5.00. The van der Waals surface area contributed by atoms with Crippen LogP contribution in [0.4, 0.5) is 18.9 Å². The van der Waals surface area contributed by atoms with Gasteiger partial charge < -0.3 is 9.84 Å². The molecule has 94 valence electrons. The molecule has 6 nitrogen and oxygen atoms in total. The summed E-state index contributed by atoms with van der Waals surface area (Å²) in [4.78, 5) is 13.0. The van der Waals surface area contributed by atoms with Crippen molar-refractivity contribution in [2.75, 3.05) is 0 Å². The van der Waals surface area contributed by atoms with Gasteiger partial charge in [-0.25, -0.2) is 0 Å². The number of nitrogens with zero attached hydrogens (tertiary/aromatic N) is 2. The maximum absolute atomic E-state index is 11.9. The second-order valence-corrected chi connectivity index (χ2v) is 3.74. The maximum Gasteiger partial charge on any atom is 0.574 e. The van der Waals surface area contributed by atoms with Crippen LogP contribution in [0.25, 0.3) is 0 Å². The van der Waals surface area contributed by atoms with Crippen LogP contribution in [-0.2, 0) is 6.61 Å². The molecule has 0 bridgehead atoms. The standard InChI is InChI=1S/C7H4F3IN2O4/c8-7(9,10)17-4-1-3(2-14)5(13(15)16)6(11)12-4/h1,14H,2H2. The molecule has 0 saturated heterocycles. The first kappa shape index (κ1) is 13.9. The van der Waals surface area contributed by atoms with Gasteiger partial charge in [-0.1, -0.05) is 0 Å². The van der Waals surface area contributed by atoms with Crippen LogP contribution in [-0.4, -0.2) is 21.4 Å². The zero-order chi connectivity index (χ0) is 13.2. The fourth-order valence-electron chi connectivity index (χ4n) is 1.02. The Labute approximate surface area is 106 Å². The van der Waals surface area contributed by atoms with E-state index in [2.05, 4.69) is 9.72 Å². The Hall–Kier alpha value is -1.17. The number of pyridine rings is 1. The Morgan fingerprint density at radius 2 is 2.18 bits per heavy atom. The van der Waals surface area contributed by atoms with Crippen molar-refractivity contribution < 1.29 is 27.9 Å². The summed E-state index contributed by atoms with van der Waals surface area (Å²) in [5.41, 5.74) is -0.837. The van der Waals surface area contributed by atoms with Crippen LogP contribution in [0.15, 0.2) is 6.07 Å². The number of hydrogen-bond acceptors (Lipinski definition) is 5. The Bertz CT molecular complexity index is 451. The molecule has 0 atom stereocenters. The third-order valence-electron chi connectivity index (χ3n) is 1.58. The van der Waals surface area contributed by atoms with Gasteiger partial charge in [-0.3, -0.25) is 10.1 Å². The van der Waals surface area contributed by atoms with Crippen LogP contribution >= 0.6 is 22.6 Å².